The molecule has 3 nitrogen and oxygen atoms in total. The van der Waals surface area contributed by atoms with E-state index in [2.05, 4.69) is 55.1 Å². The Morgan fingerprint density at radius 3 is 2.48 bits per heavy atom. The van der Waals surface area contributed by atoms with Crippen molar-refractivity contribution in [2.45, 2.75) is 68.2 Å². The summed E-state index contributed by atoms with van der Waals surface area (Å²) < 4.78 is 0. The van der Waals surface area contributed by atoms with E-state index in [9.17, 15) is 0 Å². The van der Waals surface area contributed by atoms with Gasteiger partial charge in [0.25, 0.3) is 0 Å². The van der Waals surface area contributed by atoms with Gasteiger partial charge in [0.1, 0.15) is 17.7 Å². The summed E-state index contributed by atoms with van der Waals surface area (Å²) in [5.41, 5.74) is 3.53. The number of allylic oxidation sites excluding steroid dienone is 1. The zero-order valence-corrected chi connectivity index (χ0v) is 18.0. The van der Waals surface area contributed by atoms with E-state index >= 15 is 0 Å². The molecular weight excluding hydrogens is 374 g/mol. The first-order valence-electron chi connectivity index (χ1n) is 10.4. The lowest BCUT2D eigenvalue weighted by Crippen LogP contribution is -2.32. The van der Waals surface area contributed by atoms with Gasteiger partial charge < -0.3 is 4.90 Å². The number of nitrogens with zero attached hydrogens (tertiary/aromatic N) is 3. The van der Waals surface area contributed by atoms with Crippen molar-refractivity contribution in [3.05, 3.63) is 53.6 Å². The molecule has 0 bridgehead atoms. The zero-order valence-electron chi connectivity index (χ0n) is 17.2. The number of fused-ring (bicyclic) bond motifs is 2. The highest BCUT2D eigenvalue weighted by Gasteiger charge is 2.28. The Hall–Kier alpha value is -2.69. The van der Waals surface area contributed by atoms with Crippen molar-refractivity contribution in [3.63, 3.8) is 0 Å². The number of anilines is 2. The monoisotopic (exact) mass is 401 g/mol. The molecule has 1 heterocycles. The van der Waals surface area contributed by atoms with E-state index in [-0.39, 0.29) is 5.57 Å². The fourth-order valence-corrected chi connectivity index (χ4v) is 4.98. The predicted molar refractivity (Wildman–Crippen MR) is 121 cm³/mol. The number of benzene rings is 2. The molecule has 0 aliphatic carbocycles. The van der Waals surface area contributed by atoms with Crippen LogP contribution in [0.2, 0.25) is 0 Å². The topological polar surface area (TPSA) is 50.8 Å². The maximum Gasteiger partial charge on any atom is 0.130 e. The summed E-state index contributed by atoms with van der Waals surface area (Å²) in [5, 5.41) is 18.1. The Morgan fingerprint density at radius 2 is 1.76 bits per heavy atom. The Bertz CT molecular complexity index is 949. The number of rotatable bonds is 8. The van der Waals surface area contributed by atoms with Crippen LogP contribution in [0, 0.1) is 22.7 Å². The summed E-state index contributed by atoms with van der Waals surface area (Å²) in [6.07, 6.45) is 9.04. The predicted octanol–water partition coefficient (Wildman–Crippen LogP) is 7.47. The molecule has 2 aromatic rings. The van der Waals surface area contributed by atoms with Crippen LogP contribution in [-0.2, 0) is 0 Å². The van der Waals surface area contributed by atoms with Crippen molar-refractivity contribution < 1.29 is 0 Å². The fourth-order valence-electron chi connectivity index (χ4n) is 3.86. The van der Waals surface area contributed by atoms with Crippen LogP contribution in [0.5, 0.6) is 0 Å². The minimum atomic E-state index is 0.130. The van der Waals surface area contributed by atoms with E-state index in [4.69, 9.17) is 10.5 Å². The summed E-state index contributed by atoms with van der Waals surface area (Å²) >= 11 is 1.77. The van der Waals surface area contributed by atoms with Gasteiger partial charge in [-0.15, -0.1) is 0 Å². The largest absolute Gasteiger partial charge is 0.337 e. The van der Waals surface area contributed by atoms with E-state index in [0.717, 1.165) is 12.0 Å². The van der Waals surface area contributed by atoms with E-state index < -0.39 is 0 Å². The Labute approximate surface area is 178 Å². The molecule has 148 valence electrons. The summed E-state index contributed by atoms with van der Waals surface area (Å²) in [6.45, 7) is 4.53. The highest BCUT2D eigenvalue weighted by atomic mass is 32.2. The minimum absolute atomic E-state index is 0.130. The van der Waals surface area contributed by atoms with Gasteiger partial charge in [0.2, 0.25) is 0 Å². The first-order chi connectivity index (χ1) is 14.2. The SMILES string of the molecule is CCCCCCC(CC)N1c2ccccc2Sc2cc(C=C(C#N)C#N)ccc21. The quantitative estimate of drug-likeness (QED) is 0.340. The van der Waals surface area contributed by atoms with Crippen molar-refractivity contribution in [2.75, 3.05) is 4.90 Å². The first kappa shape index (κ1) is 21.0. The number of nitriles is 2. The van der Waals surface area contributed by atoms with Crippen molar-refractivity contribution in [1.29, 1.82) is 10.5 Å². The second kappa shape index (κ2) is 10.2. The van der Waals surface area contributed by atoms with Crippen LogP contribution in [0.4, 0.5) is 11.4 Å². The van der Waals surface area contributed by atoms with Gasteiger partial charge in [-0.1, -0.05) is 69.5 Å². The third-order valence-electron chi connectivity index (χ3n) is 5.37. The molecule has 2 aromatic carbocycles. The molecule has 1 unspecified atom stereocenters. The summed E-state index contributed by atoms with van der Waals surface area (Å²) in [7, 11) is 0. The number of unbranched alkanes of at least 4 members (excludes halogenated alkanes) is 3. The second-order valence-corrected chi connectivity index (χ2v) is 8.44. The van der Waals surface area contributed by atoms with Crippen LogP contribution in [0.15, 0.2) is 57.8 Å². The molecule has 0 saturated heterocycles. The van der Waals surface area contributed by atoms with Crippen LogP contribution in [0.25, 0.3) is 6.08 Å². The van der Waals surface area contributed by atoms with Gasteiger partial charge in [0.05, 0.1) is 11.4 Å². The highest BCUT2D eigenvalue weighted by molar-refractivity contribution is 7.99. The number of hydrogen-bond donors (Lipinski definition) is 0. The average molecular weight is 402 g/mol. The molecule has 3 rings (SSSR count). The molecule has 0 fully saturated rings. The normalized spacial score (nSPS) is 12.9. The average Bonchev–Trinajstić information content (AvgIpc) is 2.76. The van der Waals surface area contributed by atoms with Crippen molar-refractivity contribution >= 4 is 29.2 Å². The maximum absolute atomic E-state index is 9.07. The molecule has 1 aliphatic rings. The van der Waals surface area contributed by atoms with Gasteiger partial charge in [-0.3, -0.25) is 0 Å². The van der Waals surface area contributed by atoms with Gasteiger partial charge in [-0.2, -0.15) is 10.5 Å². The maximum atomic E-state index is 9.07. The Kier molecular flexibility index (Phi) is 7.39. The summed E-state index contributed by atoms with van der Waals surface area (Å²) in [6, 6.07) is 19.2. The van der Waals surface area contributed by atoms with Crippen LogP contribution in [0.3, 0.4) is 0 Å². The highest BCUT2D eigenvalue weighted by Crippen LogP contribution is 2.50. The van der Waals surface area contributed by atoms with Crippen LogP contribution < -0.4 is 4.90 Å². The van der Waals surface area contributed by atoms with Crippen LogP contribution in [0.1, 0.15) is 57.9 Å². The van der Waals surface area contributed by atoms with Gasteiger partial charge in [0, 0.05) is 15.8 Å². The standard InChI is InChI=1S/C25H27N3S/c1-3-5-6-7-10-21(4-2)28-22-11-8-9-12-24(22)29-25-16-19(13-14-23(25)28)15-20(17-26)18-27/h8-9,11-16,21H,3-7,10H2,1-2H3. The van der Waals surface area contributed by atoms with Crippen LogP contribution >= 0.6 is 11.8 Å². The minimum Gasteiger partial charge on any atom is -0.337 e. The molecule has 0 amide bonds. The lowest BCUT2D eigenvalue weighted by atomic mass is 10.0. The van der Waals surface area contributed by atoms with Crippen molar-refractivity contribution in [3.8, 4) is 12.1 Å². The first-order valence-corrected chi connectivity index (χ1v) is 11.3. The molecule has 0 saturated carbocycles. The number of hydrogen-bond acceptors (Lipinski definition) is 4. The molecule has 29 heavy (non-hydrogen) atoms. The third-order valence-corrected chi connectivity index (χ3v) is 6.48. The molecule has 0 aromatic heterocycles. The molecule has 0 radical (unpaired) electrons. The lowest BCUT2D eigenvalue weighted by Gasteiger charge is -2.39. The van der Waals surface area contributed by atoms with E-state index in [1.54, 1.807) is 17.8 Å². The number of para-hydroxylation sites is 1. The smallest absolute Gasteiger partial charge is 0.130 e. The van der Waals surface area contributed by atoms with E-state index in [1.165, 1.54) is 53.3 Å². The van der Waals surface area contributed by atoms with Crippen LogP contribution in [-0.4, -0.2) is 6.04 Å². The van der Waals surface area contributed by atoms with Gasteiger partial charge in [-0.25, -0.2) is 0 Å². The zero-order chi connectivity index (χ0) is 20.6. The third kappa shape index (κ3) is 4.84. The second-order valence-electron chi connectivity index (χ2n) is 7.36. The summed E-state index contributed by atoms with van der Waals surface area (Å²) in [4.78, 5) is 4.95. The van der Waals surface area contributed by atoms with E-state index in [0.29, 0.717) is 6.04 Å². The van der Waals surface area contributed by atoms with Gasteiger partial charge in [0.15, 0.2) is 0 Å². The lowest BCUT2D eigenvalue weighted by molar-refractivity contribution is 0.526. The molecule has 0 spiro atoms. The molecule has 1 aliphatic heterocycles. The molecule has 4 heteroatoms. The Morgan fingerprint density at radius 1 is 1.00 bits per heavy atom. The van der Waals surface area contributed by atoms with Gasteiger partial charge in [-0.05, 0) is 48.7 Å². The molecule has 0 N–H and O–H groups in total. The van der Waals surface area contributed by atoms with Crippen molar-refractivity contribution in [1.82, 2.24) is 0 Å². The van der Waals surface area contributed by atoms with E-state index in [1.807, 2.05) is 18.2 Å². The summed E-state index contributed by atoms with van der Waals surface area (Å²) in [5.74, 6) is 0. The van der Waals surface area contributed by atoms with Crippen molar-refractivity contribution in [2.24, 2.45) is 0 Å². The molecular formula is C25H27N3S. The Balaban J connectivity index is 1.98. The van der Waals surface area contributed by atoms with Gasteiger partial charge >= 0.3 is 0 Å². The molecule has 1 atom stereocenters. The fraction of sp³-hybridized carbons (Fsp3) is 0.360.